The highest BCUT2D eigenvalue weighted by atomic mass is 16.4. The van der Waals surface area contributed by atoms with Crippen LogP contribution < -0.4 is 5.73 Å². The van der Waals surface area contributed by atoms with Crippen LogP contribution in [0.2, 0.25) is 0 Å². The first-order valence-electron chi connectivity index (χ1n) is 5.83. The van der Waals surface area contributed by atoms with Crippen LogP contribution in [0.5, 0.6) is 0 Å². The van der Waals surface area contributed by atoms with Crippen molar-refractivity contribution in [1.29, 1.82) is 0 Å². The molecule has 0 aromatic carbocycles. The maximum atomic E-state index is 5.68. The molecule has 1 fully saturated rings. The molecule has 0 amide bonds. The number of aromatic nitrogens is 2. The lowest BCUT2D eigenvalue weighted by molar-refractivity contribution is 0.348. The van der Waals surface area contributed by atoms with Gasteiger partial charge in [-0.05, 0) is 19.8 Å². The maximum absolute atomic E-state index is 5.68. The molecule has 0 radical (unpaired) electrons. The third-order valence-electron chi connectivity index (χ3n) is 2.93. The van der Waals surface area contributed by atoms with Crippen LogP contribution in [0, 0.1) is 0 Å². The molecule has 4 heteroatoms. The van der Waals surface area contributed by atoms with Gasteiger partial charge >= 0.3 is 0 Å². The van der Waals surface area contributed by atoms with Crippen molar-refractivity contribution in [1.82, 2.24) is 10.2 Å². The van der Waals surface area contributed by atoms with E-state index in [4.69, 9.17) is 10.2 Å². The lowest BCUT2D eigenvalue weighted by atomic mass is 9.89. The molecule has 1 aromatic rings. The molecule has 1 aliphatic carbocycles. The summed E-state index contributed by atoms with van der Waals surface area (Å²) < 4.78 is 5.63. The second kappa shape index (κ2) is 4.75. The normalized spacial score (nSPS) is 20.4. The predicted octanol–water partition coefficient (Wildman–Crippen LogP) is 2.01. The van der Waals surface area contributed by atoms with Crippen molar-refractivity contribution < 1.29 is 4.42 Å². The van der Waals surface area contributed by atoms with E-state index >= 15 is 0 Å². The minimum Gasteiger partial charge on any atom is -0.425 e. The molecule has 4 nitrogen and oxygen atoms in total. The molecule has 0 aliphatic heterocycles. The van der Waals surface area contributed by atoms with Gasteiger partial charge in [-0.2, -0.15) is 0 Å². The van der Waals surface area contributed by atoms with Crippen LogP contribution in [0.4, 0.5) is 0 Å². The van der Waals surface area contributed by atoms with Crippen molar-refractivity contribution in [3.05, 3.63) is 11.8 Å². The van der Waals surface area contributed by atoms with Crippen LogP contribution in [-0.2, 0) is 6.42 Å². The van der Waals surface area contributed by atoms with E-state index in [1.807, 2.05) is 6.92 Å². The Morgan fingerprint density at radius 1 is 1.33 bits per heavy atom. The molecule has 1 aromatic heterocycles. The summed E-state index contributed by atoms with van der Waals surface area (Å²) in [6.45, 7) is 1.95. The lowest BCUT2D eigenvalue weighted by Crippen LogP contribution is -2.17. The molecular weight excluding hydrogens is 190 g/mol. The van der Waals surface area contributed by atoms with Gasteiger partial charge < -0.3 is 10.2 Å². The largest absolute Gasteiger partial charge is 0.425 e. The number of nitrogens with two attached hydrogens (primary N) is 1. The molecule has 2 N–H and O–H groups in total. The Balaban J connectivity index is 1.99. The highest BCUT2D eigenvalue weighted by Gasteiger charge is 2.21. The molecule has 1 heterocycles. The van der Waals surface area contributed by atoms with Crippen LogP contribution in [-0.4, -0.2) is 16.2 Å². The molecule has 0 spiro atoms. The number of hydrogen-bond donors (Lipinski definition) is 1. The van der Waals surface area contributed by atoms with E-state index in [2.05, 4.69) is 10.2 Å². The summed E-state index contributed by atoms with van der Waals surface area (Å²) in [6.07, 6.45) is 6.99. The summed E-state index contributed by atoms with van der Waals surface area (Å²) in [6, 6.07) is 0.0876. The van der Waals surface area contributed by atoms with Gasteiger partial charge in [0, 0.05) is 18.4 Å². The molecular formula is C11H19N3O. The van der Waals surface area contributed by atoms with E-state index < -0.39 is 0 Å². The van der Waals surface area contributed by atoms with Crippen LogP contribution >= 0.6 is 0 Å². The highest BCUT2D eigenvalue weighted by molar-refractivity contribution is 4.93. The maximum Gasteiger partial charge on any atom is 0.219 e. The first kappa shape index (κ1) is 10.6. The van der Waals surface area contributed by atoms with E-state index in [0.717, 1.165) is 5.89 Å². The Morgan fingerprint density at radius 3 is 2.73 bits per heavy atom. The van der Waals surface area contributed by atoms with Crippen LogP contribution in [0.15, 0.2) is 4.42 Å². The van der Waals surface area contributed by atoms with Crippen molar-refractivity contribution in [3.63, 3.8) is 0 Å². The minimum atomic E-state index is 0.0876. The first-order chi connectivity index (χ1) is 7.25. The van der Waals surface area contributed by atoms with Gasteiger partial charge in [0.25, 0.3) is 0 Å². The average molecular weight is 209 g/mol. The molecule has 1 atom stereocenters. The Kier molecular flexibility index (Phi) is 3.36. The van der Waals surface area contributed by atoms with Crippen molar-refractivity contribution >= 4 is 0 Å². The number of rotatable bonds is 3. The van der Waals surface area contributed by atoms with Crippen molar-refractivity contribution in [3.8, 4) is 0 Å². The minimum absolute atomic E-state index is 0.0876. The Bertz CT molecular complexity index is 303. The molecule has 0 bridgehead atoms. The summed E-state index contributed by atoms with van der Waals surface area (Å²) >= 11 is 0. The van der Waals surface area contributed by atoms with E-state index in [1.54, 1.807) is 0 Å². The van der Waals surface area contributed by atoms with Crippen molar-refractivity contribution in [2.45, 2.75) is 57.4 Å². The topological polar surface area (TPSA) is 64.9 Å². The SMILES string of the molecule is CC(N)Cc1nnc(C2CCCCC2)o1. The summed E-state index contributed by atoms with van der Waals surface area (Å²) in [5, 5.41) is 8.16. The molecule has 1 aliphatic rings. The van der Waals surface area contributed by atoms with Gasteiger partial charge in [0.1, 0.15) is 0 Å². The zero-order valence-electron chi connectivity index (χ0n) is 9.28. The van der Waals surface area contributed by atoms with Gasteiger partial charge in [0.15, 0.2) is 0 Å². The smallest absolute Gasteiger partial charge is 0.219 e. The zero-order chi connectivity index (χ0) is 10.7. The fourth-order valence-corrected chi connectivity index (χ4v) is 2.14. The molecule has 84 valence electrons. The molecule has 1 saturated carbocycles. The van der Waals surface area contributed by atoms with Gasteiger partial charge in [0.05, 0.1) is 0 Å². The van der Waals surface area contributed by atoms with E-state index in [0.29, 0.717) is 18.2 Å². The fraction of sp³-hybridized carbons (Fsp3) is 0.818. The molecule has 2 rings (SSSR count). The number of hydrogen-bond acceptors (Lipinski definition) is 4. The summed E-state index contributed by atoms with van der Waals surface area (Å²) in [7, 11) is 0. The Hall–Kier alpha value is -0.900. The van der Waals surface area contributed by atoms with Gasteiger partial charge in [0.2, 0.25) is 11.8 Å². The highest BCUT2D eigenvalue weighted by Crippen LogP contribution is 2.31. The summed E-state index contributed by atoms with van der Waals surface area (Å²) in [5.41, 5.74) is 5.68. The predicted molar refractivity (Wildman–Crippen MR) is 57.5 cm³/mol. The van der Waals surface area contributed by atoms with Gasteiger partial charge in [-0.25, -0.2) is 0 Å². The van der Waals surface area contributed by atoms with Gasteiger partial charge in [-0.3, -0.25) is 0 Å². The number of nitrogens with zero attached hydrogens (tertiary/aromatic N) is 2. The van der Waals surface area contributed by atoms with Crippen molar-refractivity contribution in [2.75, 3.05) is 0 Å². The zero-order valence-corrected chi connectivity index (χ0v) is 9.28. The van der Waals surface area contributed by atoms with Gasteiger partial charge in [-0.1, -0.05) is 19.3 Å². The fourth-order valence-electron chi connectivity index (χ4n) is 2.14. The first-order valence-corrected chi connectivity index (χ1v) is 5.83. The average Bonchev–Trinajstić information content (AvgIpc) is 2.67. The van der Waals surface area contributed by atoms with Crippen molar-refractivity contribution in [2.24, 2.45) is 5.73 Å². The van der Waals surface area contributed by atoms with Crippen LogP contribution in [0.25, 0.3) is 0 Å². The Morgan fingerprint density at radius 2 is 2.07 bits per heavy atom. The van der Waals surface area contributed by atoms with Gasteiger partial charge in [-0.15, -0.1) is 10.2 Å². The third kappa shape index (κ3) is 2.78. The quantitative estimate of drug-likeness (QED) is 0.827. The second-order valence-electron chi connectivity index (χ2n) is 4.55. The monoisotopic (exact) mass is 209 g/mol. The third-order valence-corrected chi connectivity index (χ3v) is 2.93. The molecule has 0 saturated heterocycles. The van der Waals surface area contributed by atoms with Crippen LogP contribution in [0.1, 0.15) is 56.7 Å². The lowest BCUT2D eigenvalue weighted by Gasteiger charge is -2.17. The molecule has 15 heavy (non-hydrogen) atoms. The second-order valence-corrected chi connectivity index (χ2v) is 4.55. The standard InChI is InChI=1S/C11H19N3O/c1-8(12)7-10-13-14-11(15-10)9-5-3-2-4-6-9/h8-9H,2-7,12H2,1H3. The van der Waals surface area contributed by atoms with Crippen LogP contribution in [0.3, 0.4) is 0 Å². The van der Waals surface area contributed by atoms with E-state index in [9.17, 15) is 0 Å². The Labute approximate surface area is 90.3 Å². The molecule has 1 unspecified atom stereocenters. The van der Waals surface area contributed by atoms with E-state index in [1.165, 1.54) is 32.1 Å². The summed E-state index contributed by atoms with van der Waals surface area (Å²) in [4.78, 5) is 0. The van der Waals surface area contributed by atoms with E-state index in [-0.39, 0.29) is 6.04 Å². The summed E-state index contributed by atoms with van der Waals surface area (Å²) in [5.74, 6) is 2.00.